The van der Waals surface area contributed by atoms with Gasteiger partial charge in [-0.15, -0.1) is 0 Å². The Hall–Kier alpha value is -2.36. The Kier molecular flexibility index (Phi) is 3.37. The summed E-state index contributed by atoms with van der Waals surface area (Å²) in [5.74, 6) is 0.745. The average Bonchev–Trinajstić information content (AvgIpc) is 2.95. The lowest BCUT2D eigenvalue weighted by molar-refractivity contribution is 0.612. The van der Waals surface area contributed by atoms with Gasteiger partial charge in [-0.25, -0.2) is 9.97 Å². The summed E-state index contributed by atoms with van der Waals surface area (Å²) in [6, 6.07) is 10.5. The van der Waals surface area contributed by atoms with Crippen LogP contribution in [0.3, 0.4) is 0 Å². The van der Waals surface area contributed by atoms with Crippen molar-refractivity contribution in [2.75, 3.05) is 5.32 Å². The fourth-order valence-corrected chi connectivity index (χ4v) is 2.43. The molecule has 0 saturated heterocycles. The lowest BCUT2D eigenvalue weighted by Crippen LogP contribution is -2.12. The lowest BCUT2D eigenvalue weighted by atomic mass is 9.99. The molecule has 2 aromatic heterocycles. The van der Waals surface area contributed by atoms with Gasteiger partial charge in [-0.2, -0.15) is 0 Å². The third kappa shape index (κ3) is 2.25. The van der Waals surface area contributed by atoms with Crippen LogP contribution in [0, 0.1) is 6.92 Å². The third-order valence-corrected chi connectivity index (χ3v) is 3.53. The molecule has 0 aliphatic rings. The number of anilines is 1. The molecule has 0 aliphatic carbocycles. The number of hydrogen-bond donors (Lipinski definition) is 1. The molecule has 2 heterocycles. The molecule has 1 unspecified atom stereocenters. The minimum Gasteiger partial charge on any atom is -0.459 e. The molecule has 1 atom stereocenters. The third-order valence-electron chi connectivity index (χ3n) is 3.53. The van der Waals surface area contributed by atoms with Crippen LogP contribution in [0.4, 0.5) is 5.82 Å². The number of aromatic nitrogens is 2. The number of fused-ring (bicyclic) bond motifs is 1. The van der Waals surface area contributed by atoms with Crippen molar-refractivity contribution < 1.29 is 4.42 Å². The van der Waals surface area contributed by atoms with Crippen LogP contribution in [0.25, 0.3) is 11.1 Å². The molecule has 4 nitrogen and oxygen atoms in total. The number of nitrogens with zero attached hydrogens (tertiary/aromatic N) is 2. The Morgan fingerprint density at radius 3 is 2.85 bits per heavy atom. The monoisotopic (exact) mass is 267 g/mol. The van der Waals surface area contributed by atoms with Gasteiger partial charge in [0.05, 0.1) is 12.3 Å². The van der Waals surface area contributed by atoms with Gasteiger partial charge < -0.3 is 9.73 Å². The van der Waals surface area contributed by atoms with Gasteiger partial charge in [-0.05, 0) is 24.5 Å². The Bertz CT molecular complexity index is 720. The van der Waals surface area contributed by atoms with E-state index < -0.39 is 0 Å². The maximum atomic E-state index is 5.47. The van der Waals surface area contributed by atoms with Crippen molar-refractivity contribution in [2.24, 2.45) is 0 Å². The van der Waals surface area contributed by atoms with Crippen LogP contribution >= 0.6 is 0 Å². The van der Waals surface area contributed by atoms with E-state index in [1.807, 2.05) is 6.07 Å². The summed E-state index contributed by atoms with van der Waals surface area (Å²) >= 11 is 0. The predicted molar refractivity (Wildman–Crippen MR) is 79.6 cm³/mol. The van der Waals surface area contributed by atoms with Gasteiger partial charge >= 0.3 is 0 Å². The first-order valence-corrected chi connectivity index (χ1v) is 6.80. The highest BCUT2D eigenvalue weighted by atomic mass is 16.3. The van der Waals surface area contributed by atoms with E-state index in [1.54, 1.807) is 12.6 Å². The normalized spacial score (nSPS) is 12.5. The smallest absolute Gasteiger partial charge is 0.194 e. The Labute approximate surface area is 117 Å². The molecule has 0 amide bonds. The fourth-order valence-electron chi connectivity index (χ4n) is 2.43. The van der Waals surface area contributed by atoms with Crippen LogP contribution in [-0.4, -0.2) is 9.97 Å². The first-order valence-electron chi connectivity index (χ1n) is 6.80. The SMILES string of the molecule is CCC(Nc1ncnc2ccoc12)c1ccccc1C. The first kappa shape index (κ1) is 12.7. The molecule has 20 heavy (non-hydrogen) atoms. The number of furan rings is 1. The van der Waals surface area contributed by atoms with Crippen molar-refractivity contribution in [1.82, 2.24) is 9.97 Å². The average molecular weight is 267 g/mol. The second-order valence-corrected chi connectivity index (χ2v) is 4.82. The van der Waals surface area contributed by atoms with Crippen LogP contribution in [0.2, 0.25) is 0 Å². The van der Waals surface area contributed by atoms with Crippen LogP contribution < -0.4 is 5.32 Å². The highest BCUT2D eigenvalue weighted by Crippen LogP contribution is 2.27. The van der Waals surface area contributed by atoms with E-state index in [0.29, 0.717) is 5.58 Å². The molecule has 3 rings (SSSR count). The quantitative estimate of drug-likeness (QED) is 0.773. The van der Waals surface area contributed by atoms with Crippen molar-refractivity contribution >= 4 is 16.9 Å². The topological polar surface area (TPSA) is 51.0 Å². The standard InChI is InChI=1S/C16H17N3O/c1-3-13(12-7-5-4-6-11(12)2)19-16-15-14(8-9-20-15)17-10-18-16/h4-10,13H,3H2,1-2H3,(H,17,18,19). The van der Waals surface area contributed by atoms with Crippen molar-refractivity contribution in [2.45, 2.75) is 26.3 Å². The van der Waals surface area contributed by atoms with E-state index in [9.17, 15) is 0 Å². The largest absolute Gasteiger partial charge is 0.459 e. The van der Waals surface area contributed by atoms with Gasteiger partial charge in [0.15, 0.2) is 11.4 Å². The Morgan fingerprint density at radius 1 is 1.20 bits per heavy atom. The van der Waals surface area contributed by atoms with Gasteiger partial charge in [-0.1, -0.05) is 31.2 Å². The zero-order valence-electron chi connectivity index (χ0n) is 11.6. The molecule has 0 aliphatic heterocycles. The number of nitrogens with one attached hydrogen (secondary N) is 1. The minimum atomic E-state index is 0.208. The highest BCUT2D eigenvalue weighted by molar-refractivity contribution is 5.83. The molecule has 1 N–H and O–H groups in total. The molecule has 4 heteroatoms. The molecular weight excluding hydrogens is 250 g/mol. The molecule has 102 valence electrons. The molecule has 0 fully saturated rings. The molecule has 0 bridgehead atoms. The summed E-state index contributed by atoms with van der Waals surface area (Å²) < 4.78 is 5.47. The van der Waals surface area contributed by atoms with Crippen molar-refractivity contribution in [3.63, 3.8) is 0 Å². The molecule has 0 saturated carbocycles. The predicted octanol–water partition coefficient (Wildman–Crippen LogP) is 4.09. The molecule has 1 aromatic carbocycles. The number of benzene rings is 1. The van der Waals surface area contributed by atoms with Gasteiger partial charge in [0.25, 0.3) is 0 Å². The van der Waals surface area contributed by atoms with Crippen molar-refractivity contribution in [3.05, 3.63) is 54.0 Å². The second-order valence-electron chi connectivity index (χ2n) is 4.82. The van der Waals surface area contributed by atoms with Crippen LogP contribution in [0.1, 0.15) is 30.5 Å². The molecule has 0 radical (unpaired) electrons. The maximum absolute atomic E-state index is 5.47. The van der Waals surface area contributed by atoms with Crippen molar-refractivity contribution in [1.29, 1.82) is 0 Å². The number of aryl methyl sites for hydroxylation is 1. The summed E-state index contributed by atoms with van der Waals surface area (Å²) in [4.78, 5) is 8.49. The van der Waals surface area contributed by atoms with E-state index in [2.05, 4.69) is 53.4 Å². The van der Waals surface area contributed by atoms with Crippen LogP contribution in [0.5, 0.6) is 0 Å². The van der Waals surface area contributed by atoms with E-state index in [1.165, 1.54) is 11.1 Å². The molecule has 0 spiro atoms. The Morgan fingerprint density at radius 2 is 2.05 bits per heavy atom. The highest BCUT2D eigenvalue weighted by Gasteiger charge is 2.15. The zero-order chi connectivity index (χ0) is 13.9. The zero-order valence-corrected chi connectivity index (χ0v) is 11.6. The maximum Gasteiger partial charge on any atom is 0.194 e. The van der Waals surface area contributed by atoms with E-state index in [-0.39, 0.29) is 6.04 Å². The minimum absolute atomic E-state index is 0.208. The van der Waals surface area contributed by atoms with Gasteiger partial charge in [0, 0.05) is 6.07 Å². The van der Waals surface area contributed by atoms with Gasteiger partial charge in [0.2, 0.25) is 0 Å². The summed E-state index contributed by atoms with van der Waals surface area (Å²) in [5, 5.41) is 3.47. The lowest BCUT2D eigenvalue weighted by Gasteiger charge is -2.19. The molecule has 3 aromatic rings. The first-order chi connectivity index (χ1) is 9.79. The van der Waals surface area contributed by atoms with Crippen molar-refractivity contribution in [3.8, 4) is 0 Å². The van der Waals surface area contributed by atoms with Gasteiger partial charge in [-0.3, -0.25) is 0 Å². The number of rotatable bonds is 4. The number of hydrogen-bond acceptors (Lipinski definition) is 4. The summed E-state index contributed by atoms with van der Waals surface area (Å²) in [6.07, 6.45) is 4.17. The van der Waals surface area contributed by atoms with Crippen LogP contribution in [0.15, 0.2) is 47.3 Å². The summed E-state index contributed by atoms with van der Waals surface area (Å²) in [6.45, 7) is 4.28. The summed E-state index contributed by atoms with van der Waals surface area (Å²) in [5.41, 5.74) is 4.09. The Balaban J connectivity index is 1.96. The molecular formula is C16H17N3O. The van der Waals surface area contributed by atoms with E-state index >= 15 is 0 Å². The summed E-state index contributed by atoms with van der Waals surface area (Å²) in [7, 11) is 0. The van der Waals surface area contributed by atoms with E-state index in [4.69, 9.17) is 4.42 Å². The van der Waals surface area contributed by atoms with E-state index in [0.717, 1.165) is 17.8 Å². The van der Waals surface area contributed by atoms with Gasteiger partial charge in [0.1, 0.15) is 11.8 Å². The fraction of sp³-hybridized carbons (Fsp3) is 0.250. The second kappa shape index (κ2) is 5.33. The van der Waals surface area contributed by atoms with Crippen LogP contribution in [-0.2, 0) is 0 Å².